The highest BCUT2D eigenvalue weighted by molar-refractivity contribution is 6.03. The van der Waals surface area contributed by atoms with Crippen LogP contribution in [0.1, 0.15) is 38.1 Å². The first-order chi connectivity index (χ1) is 12.0. The highest BCUT2D eigenvalue weighted by atomic mass is 16.6. The van der Waals surface area contributed by atoms with Crippen LogP contribution in [0, 0.1) is 0 Å². The third-order valence-corrected chi connectivity index (χ3v) is 3.29. The van der Waals surface area contributed by atoms with Crippen LogP contribution >= 0.6 is 0 Å². The molecule has 26 heavy (non-hydrogen) atoms. The van der Waals surface area contributed by atoms with E-state index in [0.717, 1.165) is 0 Å². The number of hydrogen-bond acceptors (Lipinski definition) is 6. The van der Waals surface area contributed by atoms with Gasteiger partial charge in [-0.05, 0) is 52.0 Å². The average Bonchev–Trinajstić information content (AvgIpc) is 2.57. The number of Topliss-reactive ketones (excluding diaryl/α,β-unsaturated/α-hetero) is 1. The van der Waals surface area contributed by atoms with E-state index in [4.69, 9.17) is 14.2 Å². The zero-order valence-electron chi connectivity index (χ0n) is 15.6. The summed E-state index contributed by atoms with van der Waals surface area (Å²) < 4.78 is 15.5. The van der Waals surface area contributed by atoms with Crippen molar-refractivity contribution in [2.75, 3.05) is 13.2 Å². The van der Waals surface area contributed by atoms with E-state index in [-0.39, 0.29) is 24.6 Å². The molecule has 0 fully saturated rings. The quantitative estimate of drug-likeness (QED) is 0.291. The Morgan fingerprint density at radius 3 is 1.96 bits per heavy atom. The van der Waals surface area contributed by atoms with Crippen LogP contribution in [0.3, 0.4) is 0 Å². The number of carbonyl (C=O) groups is 3. The Bertz CT molecular complexity index is 712. The molecule has 0 aromatic heterocycles. The fraction of sp³-hybridized carbons (Fsp3) is 0.350. The molecule has 0 aliphatic heterocycles. The second-order valence-corrected chi connectivity index (χ2v) is 6.30. The SMILES string of the molecule is C=C(C)C(=O)OCCOc1ccc(C(=O)C(C)(C)OC(=O)C(=C)C)cc1. The minimum Gasteiger partial charge on any atom is -0.490 e. The zero-order valence-corrected chi connectivity index (χ0v) is 15.6. The number of benzene rings is 1. The Balaban J connectivity index is 2.62. The third kappa shape index (κ3) is 6.20. The van der Waals surface area contributed by atoms with Crippen molar-refractivity contribution in [3.63, 3.8) is 0 Å². The van der Waals surface area contributed by atoms with Gasteiger partial charge >= 0.3 is 11.9 Å². The van der Waals surface area contributed by atoms with Gasteiger partial charge in [0.1, 0.15) is 19.0 Å². The zero-order chi connectivity index (χ0) is 19.9. The van der Waals surface area contributed by atoms with Crippen molar-refractivity contribution in [1.29, 1.82) is 0 Å². The van der Waals surface area contributed by atoms with E-state index < -0.39 is 17.5 Å². The van der Waals surface area contributed by atoms with Gasteiger partial charge in [0, 0.05) is 16.7 Å². The molecule has 0 N–H and O–H groups in total. The summed E-state index contributed by atoms with van der Waals surface area (Å²) >= 11 is 0. The van der Waals surface area contributed by atoms with Crippen molar-refractivity contribution in [3.05, 3.63) is 54.1 Å². The van der Waals surface area contributed by atoms with E-state index in [0.29, 0.717) is 16.9 Å². The Kier molecular flexibility index (Phi) is 7.31. The molecule has 0 bridgehead atoms. The lowest BCUT2D eigenvalue weighted by atomic mass is 9.96. The number of carbonyl (C=O) groups excluding carboxylic acids is 3. The molecular weight excluding hydrogens is 336 g/mol. The number of rotatable bonds is 9. The number of ether oxygens (including phenoxy) is 3. The maximum atomic E-state index is 12.5. The van der Waals surface area contributed by atoms with E-state index in [1.807, 2.05) is 0 Å². The maximum Gasteiger partial charge on any atom is 0.334 e. The molecule has 0 atom stereocenters. The summed E-state index contributed by atoms with van der Waals surface area (Å²) in [4.78, 5) is 35.4. The van der Waals surface area contributed by atoms with Crippen LogP contribution < -0.4 is 4.74 Å². The fourth-order valence-corrected chi connectivity index (χ4v) is 1.83. The Hall–Kier alpha value is -2.89. The lowest BCUT2D eigenvalue weighted by molar-refractivity contribution is -0.147. The van der Waals surface area contributed by atoms with Crippen LogP contribution in [-0.4, -0.2) is 36.5 Å². The Morgan fingerprint density at radius 2 is 1.46 bits per heavy atom. The van der Waals surface area contributed by atoms with Crippen molar-refractivity contribution >= 4 is 17.7 Å². The maximum absolute atomic E-state index is 12.5. The van der Waals surface area contributed by atoms with Gasteiger partial charge in [-0.1, -0.05) is 13.2 Å². The first-order valence-corrected chi connectivity index (χ1v) is 8.03. The molecule has 0 aliphatic rings. The van der Waals surface area contributed by atoms with E-state index >= 15 is 0 Å². The summed E-state index contributed by atoms with van der Waals surface area (Å²) in [6, 6.07) is 6.39. The molecule has 1 rings (SSSR count). The van der Waals surface area contributed by atoms with Gasteiger partial charge < -0.3 is 14.2 Å². The topological polar surface area (TPSA) is 78.9 Å². The smallest absolute Gasteiger partial charge is 0.334 e. The van der Waals surface area contributed by atoms with Gasteiger partial charge in [0.05, 0.1) is 0 Å². The summed E-state index contributed by atoms with van der Waals surface area (Å²) in [5, 5.41) is 0. The standard InChI is InChI=1S/C20H24O6/c1-13(2)18(22)25-12-11-24-16-9-7-15(8-10-16)17(21)20(5,6)26-19(23)14(3)4/h7-10H,1,3,11-12H2,2,4-6H3. The number of ketones is 1. The number of hydrogen-bond donors (Lipinski definition) is 0. The Labute approximate surface area is 153 Å². The van der Waals surface area contributed by atoms with Crippen LogP contribution in [0.5, 0.6) is 5.75 Å². The highest BCUT2D eigenvalue weighted by Crippen LogP contribution is 2.21. The van der Waals surface area contributed by atoms with Crippen LogP contribution in [0.2, 0.25) is 0 Å². The largest absolute Gasteiger partial charge is 0.490 e. The van der Waals surface area contributed by atoms with Crippen molar-refractivity contribution in [3.8, 4) is 5.75 Å². The molecule has 0 radical (unpaired) electrons. The Morgan fingerprint density at radius 1 is 0.923 bits per heavy atom. The molecule has 0 heterocycles. The lowest BCUT2D eigenvalue weighted by Crippen LogP contribution is -2.37. The van der Waals surface area contributed by atoms with Gasteiger partial charge in [-0.15, -0.1) is 0 Å². The van der Waals surface area contributed by atoms with E-state index in [1.165, 1.54) is 20.8 Å². The van der Waals surface area contributed by atoms with Gasteiger partial charge in [-0.2, -0.15) is 0 Å². The summed E-state index contributed by atoms with van der Waals surface area (Å²) in [5.74, 6) is -0.910. The predicted molar refractivity (Wildman–Crippen MR) is 97.0 cm³/mol. The molecular formula is C20H24O6. The van der Waals surface area contributed by atoms with Gasteiger partial charge in [0.2, 0.25) is 5.78 Å². The monoisotopic (exact) mass is 360 g/mol. The normalized spacial score (nSPS) is 10.6. The first kappa shape index (κ1) is 21.2. The molecule has 0 spiro atoms. The summed E-state index contributed by atoms with van der Waals surface area (Å²) in [7, 11) is 0. The van der Waals surface area contributed by atoms with Crippen LogP contribution in [-0.2, 0) is 19.1 Å². The molecule has 0 saturated heterocycles. The second-order valence-electron chi connectivity index (χ2n) is 6.30. The van der Waals surface area contributed by atoms with Crippen molar-refractivity contribution in [2.45, 2.75) is 33.3 Å². The van der Waals surface area contributed by atoms with Crippen LogP contribution in [0.25, 0.3) is 0 Å². The van der Waals surface area contributed by atoms with Crippen molar-refractivity contribution in [1.82, 2.24) is 0 Å². The molecule has 0 aliphatic carbocycles. The predicted octanol–water partition coefficient (Wildman–Crippen LogP) is 3.27. The minimum absolute atomic E-state index is 0.0935. The molecule has 0 unspecified atom stereocenters. The van der Waals surface area contributed by atoms with Gasteiger partial charge in [0.15, 0.2) is 5.60 Å². The lowest BCUT2D eigenvalue weighted by Gasteiger charge is -2.23. The molecule has 1 aromatic carbocycles. The van der Waals surface area contributed by atoms with E-state index in [1.54, 1.807) is 31.2 Å². The van der Waals surface area contributed by atoms with Crippen LogP contribution in [0.15, 0.2) is 48.6 Å². The number of esters is 2. The summed E-state index contributed by atoms with van der Waals surface area (Å²) in [6.07, 6.45) is 0. The average molecular weight is 360 g/mol. The third-order valence-electron chi connectivity index (χ3n) is 3.29. The van der Waals surface area contributed by atoms with Crippen molar-refractivity contribution < 1.29 is 28.6 Å². The van der Waals surface area contributed by atoms with Gasteiger partial charge in [0.25, 0.3) is 0 Å². The molecule has 0 amide bonds. The molecule has 140 valence electrons. The minimum atomic E-state index is -1.31. The molecule has 6 heteroatoms. The summed E-state index contributed by atoms with van der Waals surface area (Å²) in [6.45, 7) is 13.4. The fourth-order valence-electron chi connectivity index (χ4n) is 1.83. The molecule has 6 nitrogen and oxygen atoms in total. The van der Waals surface area contributed by atoms with E-state index in [2.05, 4.69) is 13.2 Å². The highest BCUT2D eigenvalue weighted by Gasteiger charge is 2.33. The first-order valence-electron chi connectivity index (χ1n) is 8.03. The summed E-state index contributed by atoms with van der Waals surface area (Å²) in [5.41, 5.74) is -0.384. The van der Waals surface area contributed by atoms with Gasteiger partial charge in [-0.3, -0.25) is 4.79 Å². The van der Waals surface area contributed by atoms with Gasteiger partial charge in [-0.25, -0.2) is 9.59 Å². The molecule has 0 saturated carbocycles. The second kappa shape index (κ2) is 8.99. The van der Waals surface area contributed by atoms with Crippen LogP contribution in [0.4, 0.5) is 0 Å². The van der Waals surface area contributed by atoms with Crippen molar-refractivity contribution in [2.24, 2.45) is 0 Å². The molecule has 1 aromatic rings. The van der Waals surface area contributed by atoms with E-state index in [9.17, 15) is 14.4 Å².